The van der Waals surface area contributed by atoms with Gasteiger partial charge in [-0.25, -0.2) is 0 Å². The van der Waals surface area contributed by atoms with E-state index in [1.54, 1.807) is 6.20 Å². The highest BCUT2D eigenvalue weighted by molar-refractivity contribution is 5.19. The summed E-state index contributed by atoms with van der Waals surface area (Å²) in [6.45, 7) is 0. The number of hydrogen-bond donors (Lipinski definition) is 1. The Balaban J connectivity index is 2.97. The minimum absolute atomic E-state index is 0.775. The molecule has 0 saturated heterocycles. The Labute approximate surface area is 51.7 Å². The van der Waals surface area contributed by atoms with Gasteiger partial charge in [0.05, 0.1) is 16.5 Å². The Morgan fingerprint density at radius 2 is 2.56 bits per heavy atom. The van der Waals surface area contributed by atoms with E-state index in [4.69, 9.17) is 0 Å². The van der Waals surface area contributed by atoms with Crippen LogP contribution in [0.25, 0.3) is 6.20 Å². The molecule has 0 bridgehead atoms. The largest absolute Gasteiger partial charge is 0.397 e. The summed E-state index contributed by atoms with van der Waals surface area (Å²) in [4.78, 5) is 4.00. The highest BCUT2D eigenvalue weighted by Gasteiger charge is 2.01. The third-order valence-electron chi connectivity index (χ3n) is 1.21. The fourth-order valence-corrected chi connectivity index (χ4v) is 0.778. The first-order chi connectivity index (χ1) is 4.47. The second kappa shape index (κ2) is 1.55. The lowest BCUT2D eigenvalue weighted by Crippen LogP contribution is -2.28. The van der Waals surface area contributed by atoms with Crippen LogP contribution in [0.5, 0.6) is 0 Å². The van der Waals surface area contributed by atoms with Gasteiger partial charge in [-0.1, -0.05) is 0 Å². The van der Waals surface area contributed by atoms with Crippen molar-refractivity contribution in [3.05, 3.63) is 29.0 Å². The van der Waals surface area contributed by atoms with Gasteiger partial charge in [0.15, 0.2) is 0 Å². The van der Waals surface area contributed by atoms with Crippen LogP contribution in [0.15, 0.2) is 18.3 Å². The molecule has 3 nitrogen and oxygen atoms in total. The summed E-state index contributed by atoms with van der Waals surface area (Å²) in [7, 11) is 0. The van der Waals surface area contributed by atoms with E-state index in [0.717, 1.165) is 10.7 Å². The zero-order valence-electron chi connectivity index (χ0n) is 4.70. The van der Waals surface area contributed by atoms with Crippen LogP contribution in [0.1, 0.15) is 0 Å². The van der Waals surface area contributed by atoms with E-state index in [9.17, 15) is 0 Å². The molecule has 1 aromatic rings. The Morgan fingerprint density at radius 1 is 1.56 bits per heavy atom. The quantitative estimate of drug-likeness (QED) is 0.442. The summed E-state index contributed by atoms with van der Waals surface area (Å²) in [5.41, 5.74) is 3.50. The van der Waals surface area contributed by atoms with E-state index in [1.165, 1.54) is 0 Å². The van der Waals surface area contributed by atoms with Gasteiger partial charge in [-0.3, -0.25) is 0 Å². The Morgan fingerprint density at radius 3 is 3.44 bits per heavy atom. The average Bonchev–Trinajstić information content (AvgIpc) is 2.33. The summed E-state index contributed by atoms with van der Waals surface area (Å²) in [5, 5.41) is 4.94. The van der Waals surface area contributed by atoms with Gasteiger partial charge >= 0.3 is 5.49 Å². The summed E-state index contributed by atoms with van der Waals surface area (Å²) < 4.78 is 0. The molecule has 1 aromatic heterocycles. The molecule has 2 heterocycles. The number of hydrogen-bond acceptors (Lipinski definition) is 3. The van der Waals surface area contributed by atoms with Gasteiger partial charge in [0.25, 0.3) is 0 Å². The van der Waals surface area contributed by atoms with Gasteiger partial charge in [0.1, 0.15) is 6.20 Å². The van der Waals surface area contributed by atoms with Gasteiger partial charge in [-0.05, 0) is 17.1 Å². The molecule has 1 aliphatic rings. The smallest absolute Gasteiger partial charge is 0.192 e. The number of rotatable bonds is 0. The van der Waals surface area contributed by atoms with Crippen LogP contribution in [0.3, 0.4) is 0 Å². The molecule has 1 radical (unpaired) electrons. The highest BCUT2D eigenvalue weighted by atomic mass is 15.3. The minimum Gasteiger partial charge on any atom is -0.192 e. The molecule has 1 aliphatic heterocycles. The van der Waals surface area contributed by atoms with E-state index in [1.807, 2.05) is 18.3 Å². The van der Waals surface area contributed by atoms with Crippen molar-refractivity contribution in [3.8, 4) is 0 Å². The maximum atomic E-state index is 4.00. The Hall–Kier alpha value is -1.38. The molecule has 9 heavy (non-hydrogen) atoms. The number of pyridine rings is 1. The molecule has 3 heteroatoms. The topological polar surface area (TPSA) is 39.0 Å². The Kier molecular flexibility index (Phi) is 0.773. The minimum atomic E-state index is 0.775. The number of fused-ring (bicyclic) bond motifs is 1. The summed E-state index contributed by atoms with van der Waals surface area (Å²) in [6, 6.07) is 3.85. The summed E-state index contributed by atoms with van der Waals surface area (Å²) in [6.07, 6.45) is 3.55. The maximum absolute atomic E-state index is 4.00. The van der Waals surface area contributed by atoms with Crippen LogP contribution in [-0.4, -0.2) is 4.98 Å². The van der Waals surface area contributed by atoms with E-state index < -0.39 is 0 Å². The summed E-state index contributed by atoms with van der Waals surface area (Å²) >= 11 is 0. The third kappa shape index (κ3) is 0.579. The van der Waals surface area contributed by atoms with Crippen molar-refractivity contribution in [2.24, 2.45) is 0 Å². The first-order valence-electron chi connectivity index (χ1n) is 2.71. The molecule has 43 valence electrons. The standard InChI is InChI=1S/C6H5N3/c1-2-5-4-8-9-6(5)7-3-1/h1-4,8H/q+1. The van der Waals surface area contributed by atoms with Crippen molar-refractivity contribution < 1.29 is 0 Å². The lowest BCUT2D eigenvalue weighted by Gasteiger charge is -1.66. The van der Waals surface area contributed by atoms with Gasteiger partial charge in [-0.15, -0.1) is 0 Å². The van der Waals surface area contributed by atoms with Crippen LogP contribution in [0, 0.1) is 0 Å². The van der Waals surface area contributed by atoms with E-state index in [0.29, 0.717) is 0 Å². The van der Waals surface area contributed by atoms with Gasteiger partial charge in [0.2, 0.25) is 0 Å². The average molecular weight is 119 g/mol. The predicted molar refractivity (Wildman–Crippen MR) is 32.3 cm³/mol. The molecule has 0 saturated carbocycles. The molecule has 0 aromatic carbocycles. The van der Waals surface area contributed by atoms with Crippen molar-refractivity contribution in [3.63, 3.8) is 0 Å². The van der Waals surface area contributed by atoms with Crippen molar-refractivity contribution >= 4 is 6.20 Å². The molecule has 0 amide bonds. The summed E-state index contributed by atoms with van der Waals surface area (Å²) in [5.74, 6) is 0. The molecular formula is C6H5N3+. The van der Waals surface area contributed by atoms with Crippen LogP contribution in [-0.2, 0) is 0 Å². The fraction of sp³-hybridized carbons (Fsp3) is 0. The van der Waals surface area contributed by atoms with Crippen LogP contribution >= 0.6 is 0 Å². The number of aromatic nitrogens is 1. The van der Waals surface area contributed by atoms with E-state index >= 15 is 0 Å². The van der Waals surface area contributed by atoms with Crippen molar-refractivity contribution in [2.45, 2.75) is 0 Å². The normalized spacial score (nSPS) is 12.9. The molecule has 2 rings (SSSR count). The lowest BCUT2D eigenvalue weighted by molar-refractivity contribution is 0.848. The zero-order valence-corrected chi connectivity index (χ0v) is 4.70. The predicted octanol–water partition coefficient (Wildman–Crippen LogP) is -1.71. The number of nitrogens with zero attached hydrogens (tertiary/aromatic N) is 2. The van der Waals surface area contributed by atoms with Crippen LogP contribution < -0.4 is 21.2 Å². The highest BCUT2D eigenvalue weighted by Crippen LogP contribution is 1.64. The van der Waals surface area contributed by atoms with Gasteiger partial charge in [-0.2, -0.15) is 5.43 Å². The van der Waals surface area contributed by atoms with Crippen molar-refractivity contribution in [1.82, 2.24) is 15.5 Å². The molecule has 0 spiro atoms. The maximum Gasteiger partial charge on any atom is 0.397 e. The Bertz CT molecular complexity index is 295. The van der Waals surface area contributed by atoms with Crippen molar-refractivity contribution in [1.29, 1.82) is 0 Å². The second-order valence-corrected chi connectivity index (χ2v) is 1.80. The van der Waals surface area contributed by atoms with Crippen molar-refractivity contribution in [2.75, 3.05) is 0 Å². The van der Waals surface area contributed by atoms with Gasteiger partial charge < -0.3 is 0 Å². The molecular weight excluding hydrogens is 114 g/mol. The SMILES string of the molecule is C1=c2cccnc2=[N+]N1. The first-order valence-corrected chi connectivity index (χ1v) is 2.71. The zero-order chi connectivity index (χ0) is 6.10. The van der Waals surface area contributed by atoms with E-state index in [2.05, 4.69) is 15.5 Å². The van der Waals surface area contributed by atoms with Crippen LogP contribution in [0.2, 0.25) is 0 Å². The molecule has 0 aliphatic carbocycles. The fourth-order valence-electron chi connectivity index (χ4n) is 0.778. The monoisotopic (exact) mass is 119 g/mol. The third-order valence-corrected chi connectivity index (χ3v) is 1.21. The van der Waals surface area contributed by atoms with Gasteiger partial charge in [0, 0.05) is 0 Å². The lowest BCUT2D eigenvalue weighted by atomic mass is 10.4. The molecule has 0 unspecified atom stereocenters. The van der Waals surface area contributed by atoms with Crippen LogP contribution in [0.4, 0.5) is 0 Å². The number of nitrogens with one attached hydrogen (secondary N) is 1. The second-order valence-electron chi connectivity index (χ2n) is 1.80. The van der Waals surface area contributed by atoms with E-state index in [-0.39, 0.29) is 0 Å². The molecule has 0 fully saturated rings. The molecule has 1 N–H and O–H groups in total. The molecule has 0 atom stereocenters. The first kappa shape index (κ1) is 4.49.